The molecule has 150 valence electrons. The predicted octanol–water partition coefficient (Wildman–Crippen LogP) is 8.56. The number of furan rings is 1. The molecule has 0 aliphatic carbocycles. The molecule has 0 aliphatic heterocycles. The first-order valence-corrected chi connectivity index (χ1v) is 10.6. The van der Waals surface area contributed by atoms with Crippen molar-refractivity contribution in [2.24, 2.45) is 0 Å². The SMILES string of the molecule is Cc1ccc(-c2oc(-c3ccc(C)cc3)c(-c3ccccc3)c2-c2ccccc2)cc1. The zero-order valence-electron chi connectivity index (χ0n) is 17.8. The Bertz CT molecular complexity index is 1190. The highest BCUT2D eigenvalue weighted by Crippen LogP contribution is 2.48. The van der Waals surface area contributed by atoms with E-state index in [1.807, 2.05) is 0 Å². The first-order valence-electron chi connectivity index (χ1n) is 10.6. The molecule has 4 aromatic carbocycles. The minimum Gasteiger partial charge on any atom is -0.455 e. The third kappa shape index (κ3) is 3.71. The molecule has 31 heavy (non-hydrogen) atoms. The minimum absolute atomic E-state index is 0.903. The lowest BCUT2D eigenvalue weighted by atomic mass is 9.91. The topological polar surface area (TPSA) is 13.1 Å². The Morgan fingerprint density at radius 2 is 0.742 bits per heavy atom. The average molecular weight is 401 g/mol. The lowest BCUT2D eigenvalue weighted by Crippen LogP contribution is -1.86. The van der Waals surface area contributed by atoms with E-state index in [1.165, 1.54) is 11.1 Å². The highest BCUT2D eigenvalue weighted by Gasteiger charge is 2.24. The Morgan fingerprint density at radius 3 is 1.10 bits per heavy atom. The molecule has 5 aromatic rings. The summed E-state index contributed by atoms with van der Waals surface area (Å²) in [5.74, 6) is 1.81. The first-order chi connectivity index (χ1) is 15.2. The summed E-state index contributed by atoms with van der Waals surface area (Å²) in [7, 11) is 0. The number of benzene rings is 4. The van der Waals surface area contributed by atoms with Gasteiger partial charge in [0.15, 0.2) is 0 Å². The molecule has 1 aromatic heterocycles. The smallest absolute Gasteiger partial charge is 0.143 e. The molecule has 1 nitrogen and oxygen atoms in total. The molecule has 5 rings (SSSR count). The Hall–Kier alpha value is -3.84. The second-order valence-electron chi connectivity index (χ2n) is 7.97. The third-order valence-corrected chi connectivity index (χ3v) is 5.66. The van der Waals surface area contributed by atoms with Crippen LogP contribution in [0.4, 0.5) is 0 Å². The highest BCUT2D eigenvalue weighted by molar-refractivity contribution is 5.99. The molecule has 1 heterocycles. The van der Waals surface area contributed by atoms with Gasteiger partial charge >= 0.3 is 0 Å². The molecule has 1 heteroatoms. The molecule has 0 radical (unpaired) electrons. The summed E-state index contributed by atoms with van der Waals surface area (Å²) in [5.41, 5.74) is 9.20. The molecule has 0 unspecified atom stereocenters. The predicted molar refractivity (Wildman–Crippen MR) is 130 cm³/mol. The van der Waals surface area contributed by atoms with E-state index in [0.29, 0.717) is 0 Å². The minimum atomic E-state index is 0.903. The Balaban J connectivity index is 1.87. The van der Waals surface area contributed by atoms with Crippen molar-refractivity contribution in [2.45, 2.75) is 13.8 Å². The molecule has 0 bridgehead atoms. The second-order valence-corrected chi connectivity index (χ2v) is 7.97. The van der Waals surface area contributed by atoms with Gasteiger partial charge in [-0.15, -0.1) is 0 Å². The fourth-order valence-corrected chi connectivity index (χ4v) is 4.01. The van der Waals surface area contributed by atoms with Gasteiger partial charge in [0.25, 0.3) is 0 Å². The van der Waals surface area contributed by atoms with Crippen LogP contribution < -0.4 is 0 Å². The fraction of sp³-hybridized carbons (Fsp3) is 0.0667. The van der Waals surface area contributed by atoms with Crippen molar-refractivity contribution in [3.05, 3.63) is 120 Å². The summed E-state index contributed by atoms with van der Waals surface area (Å²) in [5, 5.41) is 0. The van der Waals surface area contributed by atoms with Gasteiger partial charge in [-0.05, 0) is 25.0 Å². The standard InChI is InChI=1S/C30H24O/c1-21-13-17-25(18-14-21)29-27(23-9-5-3-6-10-23)28(24-11-7-4-8-12-24)30(31-29)26-19-15-22(2)16-20-26/h3-20H,1-2H3. The van der Waals surface area contributed by atoms with Crippen molar-refractivity contribution >= 4 is 0 Å². The summed E-state index contributed by atoms with van der Waals surface area (Å²) in [6, 6.07) is 38.2. The van der Waals surface area contributed by atoms with E-state index in [4.69, 9.17) is 4.42 Å². The van der Waals surface area contributed by atoms with E-state index in [-0.39, 0.29) is 0 Å². The van der Waals surface area contributed by atoms with Crippen LogP contribution in [0.2, 0.25) is 0 Å². The van der Waals surface area contributed by atoms with Crippen LogP contribution >= 0.6 is 0 Å². The molecule has 0 amide bonds. The van der Waals surface area contributed by atoms with Gasteiger partial charge in [0, 0.05) is 22.3 Å². The van der Waals surface area contributed by atoms with Gasteiger partial charge in [-0.2, -0.15) is 0 Å². The second kappa shape index (κ2) is 8.12. The van der Waals surface area contributed by atoms with Crippen LogP contribution in [0.1, 0.15) is 11.1 Å². The average Bonchev–Trinajstić information content (AvgIpc) is 3.22. The highest BCUT2D eigenvalue weighted by atomic mass is 16.3. The maximum absolute atomic E-state index is 6.71. The molecule has 0 fully saturated rings. The first kappa shape index (κ1) is 19.1. The molecule has 0 spiro atoms. The zero-order chi connectivity index (χ0) is 21.2. The molecular weight excluding hydrogens is 376 g/mol. The lowest BCUT2D eigenvalue weighted by molar-refractivity contribution is 0.599. The van der Waals surface area contributed by atoms with Crippen LogP contribution in [0.25, 0.3) is 44.9 Å². The van der Waals surface area contributed by atoms with Gasteiger partial charge in [0.05, 0.1) is 0 Å². The van der Waals surface area contributed by atoms with E-state index in [1.54, 1.807) is 0 Å². The van der Waals surface area contributed by atoms with Gasteiger partial charge in [-0.3, -0.25) is 0 Å². The quantitative estimate of drug-likeness (QED) is 0.294. The molecule has 0 aliphatic rings. The fourth-order valence-electron chi connectivity index (χ4n) is 4.01. The van der Waals surface area contributed by atoms with Crippen LogP contribution in [-0.2, 0) is 0 Å². The summed E-state index contributed by atoms with van der Waals surface area (Å²) >= 11 is 0. The number of aryl methyl sites for hydroxylation is 2. The van der Waals surface area contributed by atoms with Gasteiger partial charge in [-0.25, -0.2) is 0 Å². The number of hydrogen-bond acceptors (Lipinski definition) is 1. The normalized spacial score (nSPS) is 10.9. The van der Waals surface area contributed by atoms with Gasteiger partial charge < -0.3 is 4.42 Å². The summed E-state index contributed by atoms with van der Waals surface area (Å²) in [6.45, 7) is 4.22. The van der Waals surface area contributed by atoms with Crippen molar-refractivity contribution in [2.75, 3.05) is 0 Å². The van der Waals surface area contributed by atoms with Crippen LogP contribution in [-0.4, -0.2) is 0 Å². The van der Waals surface area contributed by atoms with Gasteiger partial charge in [-0.1, -0.05) is 120 Å². The maximum atomic E-state index is 6.71. The Kier molecular flexibility index (Phi) is 5.01. The number of rotatable bonds is 4. The van der Waals surface area contributed by atoms with Crippen LogP contribution in [0, 0.1) is 13.8 Å². The summed E-state index contributed by atoms with van der Waals surface area (Å²) < 4.78 is 6.71. The van der Waals surface area contributed by atoms with E-state index in [0.717, 1.165) is 44.9 Å². The van der Waals surface area contributed by atoms with E-state index < -0.39 is 0 Å². The number of hydrogen-bond donors (Lipinski definition) is 0. The van der Waals surface area contributed by atoms with E-state index in [9.17, 15) is 0 Å². The molecule has 0 saturated carbocycles. The lowest BCUT2D eigenvalue weighted by Gasteiger charge is -2.08. The molecule has 0 atom stereocenters. The van der Waals surface area contributed by atoms with Gasteiger partial charge in [0.1, 0.15) is 11.5 Å². The van der Waals surface area contributed by atoms with Crippen molar-refractivity contribution in [3.8, 4) is 44.9 Å². The van der Waals surface area contributed by atoms with E-state index >= 15 is 0 Å². The van der Waals surface area contributed by atoms with Gasteiger partial charge in [0.2, 0.25) is 0 Å². The third-order valence-electron chi connectivity index (χ3n) is 5.66. The van der Waals surface area contributed by atoms with E-state index in [2.05, 4.69) is 123 Å². The van der Waals surface area contributed by atoms with Crippen LogP contribution in [0.5, 0.6) is 0 Å². The Morgan fingerprint density at radius 1 is 0.387 bits per heavy atom. The molecule has 0 N–H and O–H groups in total. The maximum Gasteiger partial charge on any atom is 0.143 e. The van der Waals surface area contributed by atoms with Crippen molar-refractivity contribution in [1.82, 2.24) is 0 Å². The summed E-state index contributed by atoms with van der Waals surface area (Å²) in [4.78, 5) is 0. The largest absolute Gasteiger partial charge is 0.455 e. The van der Waals surface area contributed by atoms with Crippen molar-refractivity contribution < 1.29 is 4.42 Å². The summed E-state index contributed by atoms with van der Waals surface area (Å²) in [6.07, 6.45) is 0. The van der Waals surface area contributed by atoms with Crippen LogP contribution in [0.3, 0.4) is 0 Å². The molecular formula is C30H24O. The van der Waals surface area contributed by atoms with Crippen molar-refractivity contribution in [1.29, 1.82) is 0 Å². The van der Waals surface area contributed by atoms with Crippen molar-refractivity contribution in [3.63, 3.8) is 0 Å². The Labute approximate surface area is 183 Å². The molecule has 0 saturated heterocycles. The zero-order valence-corrected chi connectivity index (χ0v) is 17.8. The monoisotopic (exact) mass is 400 g/mol. The van der Waals surface area contributed by atoms with Crippen LogP contribution in [0.15, 0.2) is 114 Å².